The van der Waals surface area contributed by atoms with Gasteiger partial charge in [-0.25, -0.2) is 13.1 Å². The van der Waals surface area contributed by atoms with E-state index in [1.807, 2.05) is 13.0 Å². The van der Waals surface area contributed by atoms with Crippen LogP contribution >= 0.6 is 0 Å². The first-order chi connectivity index (χ1) is 9.67. The number of nitrogens with one attached hydrogen (secondary N) is 1. The minimum Gasteiger partial charge on any atom is -0.392 e. The lowest BCUT2D eigenvalue weighted by atomic mass is 9.88. The van der Waals surface area contributed by atoms with Crippen molar-refractivity contribution in [1.82, 2.24) is 4.72 Å². The second-order valence-corrected chi connectivity index (χ2v) is 8.44. The van der Waals surface area contributed by atoms with Gasteiger partial charge in [0.2, 0.25) is 10.0 Å². The van der Waals surface area contributed by atoms with Gasteiger partial charge in [-0.3, -0.25) is 0 Å². The van der Waals surface area contributed by atoms with Crippen molar-refractivity contribution in [3.63, 3.8) is 0 Å². The lowest BCUT2D eigenvalue weighted by Crippen LogP contribution is -2.41. The van der Waals surface area contributed by atoms with E-state index in [0.717, 1.165) is 24.8 Å². The van der Waals surface area contributed by atoms with E-state index >= 15 is 0 Å². The molecule has 0 saturated heterocycles. The van der Waals surface area contributed by atoms with Crippen LogP contribution in [0.2, 0.25) is 0 Å². The van der Waals surface area contributed by atoms with Gasteiger partial charge >= 0.3 is 0 Å². The lowest BCUT2D eigenvalue weighted by Gasteiger charge is -2.28. The zero-order chi connectivity index (χ0) is 15.8. The summed E-state index contributed by atoms with van der Waals surface area (Å²) in [6.45, 7) is 7.73. The standard InChI is InChI=1S/C16H25NO3S/c1-11-8-12(2)14(9-13(11)10-18)21(19,20)17-15-6-5-7-16(15,3)4/h8-9,15,17-18H,5-7,10H2,1-4H3. The van der Waals surface area contributed by atoms with Crippen molar-refractivity contribution in [2.45, 2.75) is 64.5 Å². The van der Waals surface area contributed by atoms with E-state index in [1.54, 1.807) is 13.0 Å². The quantitative estimate of drug-likeness (QED) is 0.898. The summed E-state index contributed by atoms with van der Waals surface area (Å²) in [6.07, 6.45) is 2.97. The highest BCUT2D eigenvalue weighted by Gasteiger charge is 2.37. The first-order valence-corrected chi connectivity index (χ1v) is 8.89. The van der Waals surface area contributed by atoms with Crippen molar-refractivity contribution < 1.29 is 13.5 Å². The van der Waals surface area contributed by atoms with E-state index < -0.39 is 10.0 Å². The van der Waals surface area contributed by atoms with Crippen LogP contribution in [-0.4, -0.2) is 19.6 Å². The van der Waals surface area contributed by atoms with Crippen LogP contribution in [0.15, 0.2) is 17.0 Å². The lowest BCUT2D eigenvalue weighted by molar-refractivity contribution is 0.280. The van der Waals surface area contributed by atoms with Crippen LogP contribution in [-0.2, 0) is 16.6 Å². The van der Waals surface area contributed by atoms with Crippen molar-refractivity contribution in [2.75, 3.05) is 0 Å². The van der Waals surface area contributed by atoms with E-state index in [1.165, 1.54) is 0 Å². The normalized spacial score (nSPS) is 21.7. The zero-order valence-corrected chi connectivity index (χ0v) is 14.0. The van der Waals surface area contributed by atoms with Crippen molar-refractivity contribution in [1.29, 1.82) is 0 Å². The first-order valence-electron chi connectivity index (χ1n) is 7.41. The maximum Gasteiger partial charge on any atom is 0.241 e. The number of hydrogen-bond donors (Lipinski definition) is 2. The molecule has 2 N–H and O–H groups in total. The maximum absolute atomic E-state index is 12.7. The number of benzene rings is 1. The summed E-state index contributed by atoms with van der Waals surface area (Å²) in [4.78, 5) is 0.278. The molecule has 0 aliphatic heterocycles. The molecule has 118 valence electrons. The molecule has 0 heterocycles. The van der Waals surface area contributed by atoms with Gasteiger partial charge in [0.05, 0.1) is 11.5 Å². The highest BCUT2D eigenvalue weighted by molar-refractivity contribution is 7.89. The monoisotopic (exact) mass is 311 g/mol. The van der Waals surface area contributed by atoms with Crippen LogP contribution in [0.4, 0.5) is 0 Å². The number of aliphatic hydroxyl groups is 1. The molecule has 1 fully saturated rings. The van der Waals surface area contributed by atoms with Gasteiger partial charge in [-0.2, -0.15) is 0 Å². The molecule has 1 aromatic rings. The Balaban J connectivity index is 2.36. The Hall–Kier alpha value is -0.910. The fourth-order valence-electron chi connectivity index (χ4n) is 3.13. The molecule has 1 aliphatic carbocycles. The van der Waals surface area contributed by atoms with Gasteiger partial charge < -0.3 is 5.11 Å². The van der Waals surface area contributed by atoms with E-state index in [9.17, 15) is 13.5 Å². The molecule has 2 rings (SSSR count). The van der Waals surface area contributed by atoms with Crippen molar-refractivity contribution in [3.8, 4) is 0 Å². The SMILES string of the molecule is Cc1cc(C)c(S(=O)(=O)NC2CCCC2(C)C)cc1CO. The van der Waals surface area contributed by atoms with Gasteiger partial charge in [0.1, 0.15) is 0 Å². The Bertz CT molecular complexity index is 635. The summed E-state index contributed by atoms with van der Waals surface area (Å²) < 4.78 is 28.2. The van der Waals surface area contributed by atoms with Gasteiger partial charge in [-0.15, -0.1) is 0 Å². The van der Waals surface area contributed by atoms with Gasteiger partial charge in [0.15, 0.2) is 0 Å². The minimum absolute atomic E-state index is 0.00845. The Morgan fingerprint density at radius 2 is 1.95 bits per heavy atom. The first kappa shape index (κ1) is 16.5. The van der Waals surface area contributed by atoms with Crippen LogP contribution in [0, 0.1) is 19.3 Å². The minimum atomic E-state index is -3.56. The van der Waals surface area contributed by atoms with Gasteiger partial charge in [0.25, 0.3) is 0 Å². The number of aliphatic hydroxyl groups excluding tert-OH is 1. The molecule has 0 bridgehead atoms. The van der Waals surface area contributed by atoms with Crippen molar-refractivity contribution in [3.05, 3.63) is 28.8 Å². The van der Waals surface area contributed by atoms with E-state index in [-0.39, 0.29) is 23.0 Å². The topological polar surface area (TPSA) is 66.4 Å². The molecule has 0 aromatic heterocycles. The number of sulfonamides is 1. The van der Waals surface area contributed by atoms with E-state index in [4.69, 9.17) is 0 Å². The average Bonchev–Trinajstić information content (AvgIpc) is 2.68. The molecule has 21 heavy (non-hydrogen) atoms. The fourth-order valence-corrected chi connectivity index (χ4v) is 4.85. The van der Waals surface area contributed by atoms with Crippen LogP contribution in [0.5, 0.6) is 0 Å². The van der Waals surface area contributed by atoms with Crippen LogP contribution in [0.25, 0.3) is 0 Å². The molecule has 1 unspecified atom stereocenters. The smallest absolute Gasteiger partial charge is 0.241 e. The highest BCUT2D eigenvalue weighted by Crippen LogP contribution is 2.38. The third-order valence-electron chi connectivity index (χ3n) is 4.65. The molecule has 5 heteroatoms. The summed E-state index contributed by atoms with van der Waals surface area (Å²) in [6, 6.07) is 3.38. The molecule has 1 aliphatic rings. The molecule has 0 radical (unpaired) electrons. The molecule has 0 amide bonds. The van der Waals surface area contributed by atoms with E-state index in [0.29, 0.717) is 11.1 Å². The summed E-state index contributed by atoms with van der Waals surface area (Å²) in [5.41, 5.74) is 2.28. The molecule has 0 spiro atoms. The van der Waals surface area contributed by atoms with Gasteiger partial charge in [0, 0.05) is 6.04 Å². The predicted octanol–water partition coefficient (Wildman–Crippen LogP) is 2.65. The zero-order valence-electron chi connectivity index (χ0n) is 13.2. The highest BCUT2D eigenvalue weighted by atomic mass is 32.2. The van der Waals surface area contributed by atoms with Crippen molar-refractivity contribution >= 4 is 10.0 Å². The summed E-state index contributed by atoms with van der Waals surface area (Å²) in [7, 11) is -3.56. The third-order valence-corrected chi connectivity index (χ3v) is 6.26. The molecular weight excluding hydrogens is 286 g/mol. The number of aryl methyl sites for hydroxylation is 2. The Labute approximate surface area is 127 Å². The Kier molecular flexibility index (Phi) is 4.47. The number of hydrogen-bond acceptors (Lipinski definition) is 3. The second-order valence-electron chi connectivity index (χ2n) is 6.76. The molecular formula is C16H25NO3S. The largest absolute Gasteiger partial charge is 0.392 e. The van der Waals surface area contributed by atoms with Gasteiger partial charge in [-0.05, 0) is 54.9 Å². The van der Waals surface area contributed by atoms with Gasteiger partial charge in [-0.1, -0.05) is 26.3 Å². The Morgan fingerprint density at radius 3 is 2.48 bits per heavy atom. The summed E-state index contributed by atoms with van der Waals surface area (Å²) in [5.74, 6) is 0. The van der Waals surface area contributed by atoms with Crippen LogP contribution in [0.3, 0.4) is 0 Å². The predicted molar refractivity (Wildman–Crippen MR) is 83.6 cm³/mol. The van der Waals surface area contributed by atoms with Crippen LogP contribution in [0.1, 0.15) is 49.8 Å². The number of rotatable bonds is 4. The molecule has 1 saturated carbocycles. The molecule has 4 nitrogen and oxygen atoms in total. The third kappa shape index (κ3) is 3.30. The summed E-state index contributed by atoms with van der Waals surface area (Å²) in [5, 5.41) is 9.35. The summed E-state index contributed by atoms with van der Waals surface area (Å²) >= 11 is 0. The Morgan fingerprint density at radius 1 is 1.29 bits per heavy atom. The molecule has 1 aromatic carbocycles. The average molecular weight is 311 g/mol. The second kappa shape index (κ2) is 5.71. The fraction of sp³-hybridized carbons (Fsp3) is 0.625. The maximum atomic E-state index is 12.7. The van der Waals surface area contributed by atoms with Crippen molar-refractivity contribution in [2.24, 2.45) is 5.41 Å². The van der Waals surface area contributed by atoms with Crippen LogP contribution < -0.4 is 4.72 Å². The van der Waals surface area contributed by atoms with E-state index in [2.05, 4.69) is 18.6 Å². The molecule has 1 atom stereocenters.